The number of nitrogens with two attached hydrogens (primary N) is 1. The number of rotatable bonds is 9. The Labute approximate surface area is 201 Å². The Bertz CT molecular complexity index is 950. The standard InChI is InChI=1S/C21H30N4O4S.HI/c1-4-23-21(24-13-16-8-10-19(11-9-16)30(22,27)28)25-14-20(26)17-6-5-7-18(12-17)29-15(2)3;/h5-12,15,20,26H,4,13-14H2,1-3H3,(H2,22,27,28)(H2,23,24,25);1H. The minimum absolute atomic E-state index is 0. The molecule has 2 rings (SSSR count). The molecule has 0 aliphatic heterocycles. The molecule has 0 saturated heterocycles. The molecular formula is C21H31IN4O4S. The SMILES string of the molecule is CCNC(=NCc1ccc(S(N)(=O)=O)cc1)NCC(O)c1cccc(OC(C)C)c1.I. The van der Waals surface area contributed by atoms with Crippen LogP contribution < -0.4 is 20.5 Å². The second-order valence-corrected chi connectivity index (χ2v) is 8.58. The zero-order chi connectivity index (χ0) is 22.1. The van der Waals surface area contributed by atoms with Gasteiger partial charge in [-0.15, -0.1) is 24.0 Å². The van der Waals surface area contributed by atoms with Crippen molar-refractivity contribution in [1.29, 1.82) is 0 Å². The van der Waals surface area contributed by atoms with Crippen LogP contribution in [0.3, 0.4) is 0 Å². The number of sulfonamides is 1. The third-order valence-corrected chi connectivity index (χ3v) is 5.02. The van der Waals surface area contributed by atoms with Crippen LogP contribution in [0.1, 0.15) is 38.0 Å². The first-order valence-corrected chi connectivity index (χ1v) is 11.3. The van der Waals surface area contributed by atoms with Crippen LogP contribution >= 0.6 is 24.0 Å². The molecule has 10 heteroatoms. The molecule has 31 heavy (non-hydrogen) atoms. The summed E-state index contributed by atoms with van der Waals surface area (Å²) < 4.78 is 28.3. The molecule has 172 valence electrons. The number of benzene rings is 2. The summed E-state index contributed by atoms with van der Waals surface area (Å²) in [7, 11) is -3.71. The molecule has 2 aromatic carbocycles. The lowest BCUT2D eigenvalue weighted by atomic mass is 10.1. The van der Waals surface area contributed by atoms with Crippen molar-refractivity contribution in [3.05, 3.63) is 59.7 Å². The number of nitrogens with zero attached hydrogens (tertiary/aromatic N) is 1. The number of aliphatic hydroxyl groups excluding tert-OH is 1. The number of aliphatic imine (C=N–C) groups is 1. The van der Waals surface area contributed by atoms with Gasteiger partial charge in [0.1, 0.15) is 5.75 Å². The van der Waals surface area contributed by atoms with Crippen molar-refractivity contribution in [1.82, 2.24) is 10.6 Å². The van der Waals surface area contributed by atoms with Crippen LogP contribution in [-0.2, 0) is 16.6 Å². The van der Waals surface area contributed by atoms with Gasteiger partial charge >= 0.3 is 0 Å². The number of ether oxygens (including phenoxy) is 1. The summed E-state index contributed by atoms with van der Waals surface area (Å²) in [6.07, 6.45) is -0.680. The maximum absolute atomic E-state index is 11.3. The van der Waals surface area contributed by atoms with Gasteiger partial charge in [-0.2, -0.15) is 0 Å². The molecule has 0 bridgehead atoms. The highest BCUT2D eigenvalue weighted by Crippen LogP contribution is 2.20. The number of primary sulfonamides is 1. The van der Waals surface area contributed by atoms with E-state index in [1.807, 2.05) is 45.0 Å². The lowest BCUT2D eigenvalue weighted by molar-refractivity contribution is 0.179. The first-order chi connectivity index (χ1) is 14.2. The molecule has 1 unspecified atom stereocenters. The minimum atomic E-state index is -3.71. The first-order valence-electron chi connectivity index (χ1n) is 9.77. The molecule has 5 N–H and O–H groups in total. The molecule has 0 radical (unpaired) electrons. The van der Waals surface area contributed by atoms with E-state index in [2.05, 4.69) is 15.6 Å². The minimum Gasteiger partial charge on any atom is -0.491 e. The fourth-order valence-electron chi connectivity index (χ4n) is 2.68. The van der Waals surface area contributed by atoms with Crippen molar-refractivity contribution < 1.29 is 18.3 Å². The first kappa shape index (κ1) is 27.1. The molecule has 0 aromatic heterocycles. The molecule has 1 atom stereocenters. The fourth-order valence-corrected chi connectivity index (χ4v) is 3.19. The summed E-state index contributed by atoms with van der Waals surface area (Å²) in [5.41, 5.74) is 1.58. The molecule has 0 heterocycles. The Hall–Kier alpha value is -1.89. The highest BCUT2D eigenvalue weighted by atomic mass is 127. The number of aliphatic hydroxyl groups is 1. The normalized spacial score (nSPS) is 12.8. The molecule has 0 aliphatic rings. The maximum Gasteiger partial charge on any atom is 0.238 e. The summed E-state index contributed by atoms with van der Waals surface area (Å²) in [5.74, 6) is 1.26. The van der Waals surface area contributed by atoms with Crippen LogP contribution in [0.5, 0.6) is 5.75 Å². The van der Waals surface area contributed by atoms with Crippen molar-refractivity contribution in [3.63, 3.8) is 0 Å². The van der Waals surface area contributed by atoms with Gasteiger partial charge in [-0.25, -0.2) is 18.5 Å². The van der Waals surface area contributed by atoms with Gasteiger partial charge in [0.25, 0.3) is 0 Å². The van der Waals surface area contributed by atoms with Crippen molar-refractivity contribution in [2.75, 3.05) is 13.1 Å². The van der Waals surface area contributed by atoms with E-state index < -0.39 is 16.1 Å². The topological polar surface area (TPSA) is 126 Å². The van der Waals surface area contributed by atoms with E-state index in [1.54, 1.807) is 12.1 Å². The predicted octanol–water partition coefficient (Wildman–Crippen LogP) is 2.53. The van der Waals surface area contributed by atoms with Crippen molar-refractivity contribution in [2.45, 2.75) is 44.4 Å². The molecule has 0 amide bonds. The Kier molecular flexibility index (Phi) is 11.2. The Balaban J connectivity index is 0.00000480. The van der Waals surface area contributed by atoms with Gasteiger partial charge in [-0.05, 0) is 56.2 Å². The van der Waals surface area contributed by atoms with Gasteiger partial charge in [0, 0.05) is 13.1 Å². The second-order valence-electron chi connectivity index (χ2n) is 7.02. The summed E-state index contributed by atoms with van der Waals surface area (Å²) in [4.78, 5) is 4.54. The van der Waals surface area contributed by atoms with Crippen LogP contribution in [0.15, 0.2) is 58.4 Å². The van der Waals surface area contributed by atoms with E-state index in [0.29, 0.717) is 24.8 Å². The number of hydrogen-bond acceptors (Lipinski definition) is 5. The maximum atomic E-state index is 11.3. The highest BCUT2D eigenvalue weighted by Gasteiger charge is 2.11. The molecule has 0 spiro atoms. The number of halogens is 1. The average Bonchev–Trinajstić information content (AvgIpc) is 2.69. The molecule has 8 nitrogen and oxygen atoms in total. The highest BCUT2D eigenvalue weighted by molar-refractivity contribution is 14.0. The van der Waals surface area contributed by atoms with E-state index in [9.17, 15) is 13.5 Å². The Morgan fingerprint density at radius 3 is 2.42 bits per heavy atom. The fraction of sp³-hybridized carbons (Fsp3) is 0.381. The zero-order valence-corrected chi connectivity index (χ0v) is 21.1. The van der Waals surface area contributed by atoms with E-state index in [4.69, 9.17) is 9.88 Å². The molecule has 0 aliphatic carbocycles. The Morgan fingerprint density at radius 2 is 1.84 bits per heavy atom. The predicted molar refractivity (Wildman–Crippen MR) is 133 cm³/mol. The summed E-state index contributed by atoms with van der Waals surface area (Å²) in [6.45, 7) is 7.11. The zero-order valence-electron chi connectivity index (χ0n) is 17.9. The third-order valence-electron chi connectivity index (χ3n) is 4.09. The van der Waals surface area contributed by atoms with Gasteiger partial charge in [0.2, 0.25) is 10.0 Å². The molecule has 0 fully saturated rings. The smallest absolute Gasteiger partial charge is 0.238 e. The number of hydrogen-bond donors (Lipinski definition) is 4. The third kappa shape index (κ3) is 9.42. The largest absolute Gasteiger partial charge is 0.491 e. The van der Waals surface area contributed by atoms with E-state index in [0.717, 1.165) is 11.1 Å². The summed E-state index contributed by atoms with van der Waals surface area (Å²) >= 11 is 0. The Morgan fingerprint density at radius 1 is 1.16 bits per heavy atom. The molecule has 2 aromatic rings. The van der Waals surface area contributed by atoms with Crippen molar-refractivity contribution in [3.8, 4) is 5.75 Å². The van der Waals surface area contributed by atoms with Crippen LogP contribution in [0.4, 0.5) is 0 Å². The number of guanidine groups is 1. The van der Waals surface area contributed by atoms with Crippen LogP contribution in [0.25, 0.3) is 0 Å². The lowest BCUT2D eigenvalue weighted by Crippen LogP contribution is -2.39. The van der Waals surface area contributed by atoms with Crippen LogP contribution in [0.2, 0.25) is 0 Å². The van der Waals surface area contributed by atoms with E-state index in [-0.39, 0.29) is 41.5 Å². The van der Waals surface area contributed by atoms with Gasteiger partial charge in [0.05, 0.1) is 23.6 Å². The lowest BCUT2D eigenvalue weighted by Gasteiger charge is -2.17. The van der Waals surface area contributed by atoms with Gasteiger partial charge < -0.3 is 20.5 Å². The van der Waals surface area contributed by atoms with Crippen LogP contribution in [0, 0.1) is 0 Å². The molecule has 0 saturated carbocycles. The van der Waals surface area contributed by atoms with Crippen LogP contribution in [-0.4, -0.2) is 38.7 Å². The van der Waals surface area contributed by atoms with Gasteiger partial charge in [-0.1, -0.05) is 24.3 Å². The van der Waals surface area contributed by atoms with Crippen molar-refractivity contribution >= 4 is 40.0 Å². The second kappa shape index (κ2) is 12.8. The van der Waals surface area contributed by atoms with Crippen molar-refractivity contribution in [2.24, 2.45) is 10.1 Å². The average molecular weight is 562 g/mol. The number of nitrogens with one attached hydrogen (secondary N) is 2. The monoisotopic (exact) mass is 562 g/mol. The summed E-state index contributed by atoms with van der Waals surface area (Å²) in [5, 5.41) is 21.9. The summed E-state index contributed by atoms with van der Waals surface area (Å²) in [6, 6.07) is 13.6. The van der Waals surface area contributed by atoms with E-state index in [1.165, 1.54) is 12.1 Å². The molecular weight excluding hydrogens is 531 g/mol. The van der Waals surface area contributed by atoms with Gasteiger partial charge in [-0.3, -0.25) is 0 Å². The van der Waals surface area contributed by atoms with Gasteiger partial charge in [0.15, 0.2) is 5.96 Å². The quantitative estimate of drug-likeness (QED) is 0.212. The van der Waals surface area contributed by atoms with E-state index >= 15 is 0 Å².